The average molecular weight is 365 g/mol. The van der Waals surface area contributed by atoms with E-state index < -0.39 is 5.82 Å². The number of aromatic nitrogens is 3. The number of rotatable bonds is 5. The van der Waals surface area contributed by atoms with Gasteiger partial charge in [0, 0.05) is 30.7 Å². The Balaban J connectivity index is 1.61. The number of benzene rings is 1. The minimum absolute atomic E-state index is 0.0173. The van der Waals surface area contributed by atoms with Gasteiger partial charge in [-0.15, -0.1) is 0 Å². The third kappa shape index (κ3) is 3.31. The SMILES string of the molecule is N#Cc1ccc(-c2cc(OCCN3CCCC3=O)cc3ncnn23)cc1F. The summed E-state index contributed by atoms with van der Waals surface area (Å²) in [7, 11) is 0. The quantitative estimate of drug-likeness (QED) is 0.693. The van der Waals surface area contributed by atoms with Crippen molar-refractivity contribution in [2.45, 2.75) is 12.8 Å². The Kier molecular flexibility index (Phi) is 4.42. The highest BCUT2D eigenvalue weighted by Gasteiger charge is 2.19. The van der Waals surface area contributed by atoms with Crippen LogP contribution in [0.4, 0.5) is 4.39 Å². The molecule has 0 N–H and O–H groups in total. The first-order chi connectivity index (χ1) is 13.2. The molecule has 8 heteroatoms. The summed E-state index contributed by atoms with van der Waals surface area (Å²) in [5.41, 5.74) is 1.70. The minimum atomic E-state index is -0.595. The van der Waals surface area contributed by atoms with Gasteiger partial charge in [-0.2, -0.15) is 10.4 Å². The van der Waals surface area contributed by atoms with Gasteiger partial charge in [-0.05, 0) is 18.6 Å². The van der Waals surface area contributed by atoms with Gasteiger partial charge < -0.3 is 9.64 Å². The third-order valence-corrected chi connectivity index (χ3v) is 4.54. The molecule has 0 atom stereocenters. The zero-order valence-corrected chi connectivity index (χ0v) is 14.4. The number of amides is 1. The van der Waals surface area contributed by atoms with E-state index in [1.807, 2.05) is 6.07 Å². The number of ether oxygens (including phenoxy) is 1. The Morgan fingerprint density at radius 3 is 2.93 bits per heavy atom. The second-order valence-electron chi connectivity index (χ2n) is 6.25. The topological polar surface area (TPSA) is 83.5 Å². The van der Waals surface area contributed by atoms with Gasteiger partial charge in [-0.3, -0.25) is 4.79 Å². The van der Waals surface area contributed by atoms with Crippen LogP contribution in [0.25, 0.3) is 16.9 Å². The number of halogens is 1. The van der Waals surface area contributed by atoms with Gasteiger partial charge >= 0.3 is 0 Å². The minimum Gasteiger partial charge on any atom is -0.492 e. The van der Waals surface area contributed by atoms with Gasteiger partial charge in [0.05, 0.1) is 17.8 Å². The van der Waals surface area contributed by atoms with Crippen molar-refractivity contribution < 1.29 is 13.9 Å². The van der Waals surface area contributed by atoms with Crippen LogP contribution in [0.2, 0.25) is 0 Å². The molecule has 1 aromatic carbocycles. The van der Waals surface area contributed by atoms with Crippen LogP contribution in [-0.2, 0) is 4.79 Å². The van der Waals surface area contributed by atoms with Gasteiger partial charge in [0.15, 0.2) is 5.65 Å². The standard InChI is InChI=1S/C19H16FN5O2/c20-16-8-13(3-4-14(16)11-21)17-9-15(10-18-22-12-23-25(17)18)27-7-6-24-5-1-2-19(24)26/h3-4,8-10,12H,1-2,5-7H2. The molecular formula is C19H16FN5O2. The first-order valence-corrected chi connectivity index (χ1v) is 8.60. The fourth-order valence-corrected chi connectivity index (χ4v) is 3.17. The molecule has 1 fully saturated rings. The second-order valence-corrected chi connectivity index (χ2v) is 6.25. The van der Waals surface area contributed by atoms with Crippen LogP contribution in [0.3, 0.4) is 0 Å². The Morgan fingerprint density at radius 2 is 2.19 bits per heavy atom. The summed E-state index contributed by atoms with van der Waals surface area (Å²) in [6, 6.07) is 9.67. The number of carbonyl (C=O) groups is 1. The van der Waals surface area contributed by atoms with Crippen molar-refractivity contribution in [2.75, 3.05) is 19.7 Å². The molecule has 0 aliphatic carbocycles. The molecule has 0 unspecified atom stereocenters. The van der Waals surface area contributed by atoms with Crippen LogP contribution < -0.4 is 4.74 Å². The lowest BCUT2D eigenvalue weighted by Gasteiger charge is -2.16. The summed E-state index contributed by atoms with van der Waals surface area (Å²) in [5, 5.41) is 13.1. The first-order valence-electron chi connectivity index (χ1n) is 8.60. The highest BCUT2D eigenvalue weighted by atomic mass is 19.1. The van der Waals surface area contributed by atoms with Gasteiger partial charge in [-0.25, -0.2) is 13.9 Å². The van der Waals surface area contributed by atoms with Gasteiger partial charge in [-0.1, -0.05) is 6.07 Å². The summed E-state index contributed by atoms with van der Waals surface area (Å²) in [6.45, 7) is 1.65. The number of likely N-dealkylation sites (tertiary alicyclic amines) is 1. The number of fused-ring (bicyclic) bond motifs is 1. The van der Waals surface area contributed by atoms with E-state index in [0.717, 1.165) is 13.0 Å². The van der Waals surface area contributed by atoms with E-state index in [4.69, 9.17) is 10.00 Å². The maximum atomic E-state index is 14.0. The molecule has 1 aliphatic heterocycles. The Morgan fingerprint density at radius 1 is 1.30 bits per heavy atom. The van der Waals surface area contributed by atoms with E-state index >= 15 is 0 Å². The van der Waals surface area contributed by atoms with Gasteiger partial charge in [0.25, 0.3) is 0 Å². The van der Waals surface area contributed by atoms with E-state index in [-0.39, 0.29) is 11.5 Å². The van der Waals surface area contributed by atoms with E-state index in [0.29, 0.717) is 42.2 Å². The van der Waals surface area contributed by atoms with Crippen LogP contribution in [0, 0.1) is 17.1 Å². The van der Waals surface area contributed by atoms with Crippen molar-refractivity contribution in [2.24, 2.45) is 0 Å². The van der Waals surface area contributed by atoms with Crippen molar-refractivity contribution >= 4 is 11.6 Å². The summed E-state index contributed by atoms with van der Waals surface area (Å²) < 4.78 is 21.4. The lowest BCUT2D eigenvalue weighted by molar-refractivity contribution is -0.128. The fraction of sp³-hybridized carbons (Fsp3) is 0.263. The van der Waals surface area contributed by atoms with E-state index in [2.05, 4.69) is 10.1 Å². The number of nitriles is 1. The fourth-order valence-electron chi connectivity index (χ4n) is 3.17. The summed E-state index contributed by atoms with van der Waals surface area (Å²) in [6.07, 6.45) is 2.89. The molecule has 0 saturated carbocycles. The molecular weight excluding hydrogens is 349 g/mol. The maximum absolute atomic E-state index is 14.0. The first kappa shape index (κ1) is 17.0. The van der Waals surface area contributed by atoms with Crippen molar-refractivity contribution in [1.82, 2.24) is 19.5 Å². The summed E-state index contributed by atoms with van der Waals surface area (Å²) in [4.78, 5) is 17.6. The second kappa shape index (κ2) is 7.03. The number of nitrogens with zero attached hydrogens (tertiary/aromatic N) is 5. The molecule has 0 bridgehead atoms. The molecule has 0 spiro atoms. The van der Waals surface area contributed by atoms with E-state index in [9.17, 15) is 9.18 Å². The molecule has 2 aromatic heterocycles. The number of hydrogen-bond acceptors (Lipinski definition) is 5. The normalized spacial score (nSPS) is 13.9. The van der Waals surface area contributed by atoms with Crippen LogP contribution in [0.15, 0.2) is 36.7 Å². The Bertz CT molecular complexity index is 1060. The van der Waals surface area contributed by atoms with Crippen LogP contribution in [0.5, 0.6) is 5.75 Å². The Labute approximate surface area is 154 Å². The molecule has 4 rings (SSSR count). The van der Waals surface area contributed by atoms with E-state index in [1.165, 1.54) is 18.5 Å². The van der Waals surface area contributed by atoms with Crippen molar-refractivity contribution in [3.63, 3.8) is 0 Å². The largest absolute Gasteiger partial charge is 0.492 e. The third-order valence-electron chi connectivity index (χ3n) is 4.54. The van der Waals surface area contributed by atoms with Crippen molar-refractivity contribution in [3.05, 3.63) is 48.0 Å². The zero-order valence-electron chi connectivity index (χ0n) is 14.4. The molecule has 27 heavy (non-hydrogen) atoms. The lowest BCUT2D eigenvalue weighted by Crippen LogP contribution is -2.29. The molecule has 7 nitrogen and oxygen atoms in total. The number of hydrogen-bond donors (Lipinski definition) is 0. The highest BCUT2D eigenvalue weighted by Crippen LogP contribution is 2.27. The molecule has 1 aliphatic rings. The molecule has 3 aromatic rings. The van der Waals surface area contributed by atoms with Crippen molar-refractivity contribution in [3.8, 4) is 23.1 Å². The lowest BCUT2D eigenvalue weighted by atomic mass is 10.1. The van der Waals surface area contributed by atoms with Gasteiger partial charge in [0.2, 0.25) is 5.91 Å². The number of carbonyl (C=O) groups excluding carboxylic acids is 1. The monoisotopic (exact) mass is 365 g/mol. The number of pyridine rings is 1. The maximum Gasteiger partial charge on any atom is 0.222 e. The Hall–Kier alpha value is -3.47. The molecule has 136 valence electrons. The van der Waals surface area contributed by atoms with Gasteiger partial charge in [0.1, 0.15) is 30.6 Å². The smallest absolute Gasteiger partial charge is 0.222 e. The predicted molar refractivity (Wildman–Crippen MR) is 94.4 cm³/mol. The molecule has 3 heterocycles. The van der Waals surface area contributed by atoms with Crippen LogP contribution >= 0.6 is 0 Å². The molecule has 1 amide bonds. The van der Waals surface area contributed by atoms with Crippen LogP contribution in [-0.4, -0.2) is 45.1 Å². The van der Waals surface area contributed by atoms with Crippen molar-refractivity contribution in [1.29, 1.82) is 5.26 Å². The highest BCUT2D eigenvalue weighted by molar-refractivity contribution is 5.78. The molecule has 1 saturated heterocycles. The van der Waals surface area contributed by atoms with Crippen LogP contribution in [0.1, 0.15) is 18.4 Å². The summed E-state index contributed by atoms with van der Waals surface area (Å²) in [5.74, 6) is 0.115. The summed E-state index contributed by atoms with van der Waals surface area (Å²) >= 11 is 0. The predicted octanol–water partition coefficient (Wildman–Crippen LogP) is 2.41. The molecule has 0 radical (unpaired) electrons. The average Bonchev–Trinajstić information content (AvgIpc) is 3.30. The zero-order chi connectivity index (χ0) is 18.8. The van der Waals surface area contributed by atoms with E-state index in [1.54, 1.807) is 27.6 Å².